The summed E-state index contributed by atoms with van der Waals surface area (Å²) in [6, 6.07) is 7.31. The average Bonchev–Trinajstić information content (AvgIpc) is 2.36. The molecule has 106 valence electrons. The average molecular weight is 266 g/mol. The monoisotopic (exact) mass is 266 g/mol. The fourth-order valence-corrected chi connectivity index (χ4v) is 1.72. The number of nitrogens with two attached hydrogens (primary N) is 1. The third kappa shape index (κ3) is 4.44. The highest BCUT2D eigenvalue weighted by Crippen LogP contribution is 2.18. The fraction of sp³-hybridized carbons (Fsp3) is 0.500. The molecule has 1 atom stereocenters. The molecule has 3 N–H and O–H groups in total. The maximum atomic E-state index is 11.5. The first-order chi connectivity index (χ1) is 8.87. The maximum Gasteiger partial charge on any atom is 0.240 e. The van der Waals surface area contributed by atoms with Gasteiger partial charge in [0.15, 0.2) is 0 Å². The third-order valence-electron chi connectivity index (χ3n) is 2.74. The first-order valence-electron chi connectivity index (χ1n) is 6.22. The van der Waals surface area contributed by atoms with Crippen molar-refractivity contribution in [1.29, 1.82) is 0 Å². The lowest BCUT2D eigenvalue weighted by atomic mass is 10.0. The van der Waals surface area contributed by atoms with E-state index in [-0.39, 0.29) is 12.6 Å². The molecule has 0 aliphatic carbocycles. The molecule has 5 heteroatoms. The van der Waals surface area contributed by atoms with Crippen molar-refractivity contribution in [3.63, 3.8) is 0 Å². The number of methoxy groups -OCH3 is 1. The summed E-state index contributed by atoms with van der Waals surface area (Å²) in [6.07, 6.45) is 0. The van der Waals surface area contributed by atoms with Gasteiger partial charge in [-0.25, -0.2) is 0 Å². The topological polar surface area (TPSA) is 73.6 Å². The molecule has 0 bridgehead atoms. The van der Waals surface area contributed by atoms with Gasteiger partial charge in [0.25, 0.3) is 0 Å². The normalized spacial score (nSPS) is 13.9. The number of nitrogens with one attached hydrogen (secondary N) is 1. The second kappa shape index (κ2) is 6.43. The Balaban J connectivity index is 2.67. The highest BCUT2D eigenvalue weighted by Gasteiger charge is 2.32. The van der Waals surface area contributed by atoms with Crippen molar-refractivity contribution in [3.8, 4) is 11.5 Å². The molecule has 1 aromatic carbocycles. The number of rotatable bonds is 7. The van der Waals surface area contributed by atoms with Gasteiger partial charge in [-0.15, -0.1) is 0 Å². The molecule has 0 heterocycles. The molecule has 0 aromatic heterocycles. The summed E-state index contributed by atoms with van der Waals surface area (Å²) in [5.41, 5.74) is 4.53. The van der Waals surface area contributed by atoms with E-state index in [9.17, 15) is 4.79 Å². The quantitative estimate of drug-likeness (QED) is 0.780. The van der Waals surface area contributed by atoms with E-state index in [1.807, 2.05) is 13.8 Å². The Labute approximate surface area is 114 Å². The maximum absolute atomic E-state index is 11.5. The van der Waals surface area contributed by atoms with E-state index < -0.39 is 11.4 Å². The zero-order chi connectivity index (χ0) is 14.5. The van der Waals surface area contributed by atoms with E-state index in [0.717, 1.165) is 5.75 Å². The minimum atomic E-state index is -0.895. The second-order valence-corrected chi connectivity index (χ2v) is 4.96. The highest BCUT2D eigenvalue weighted by atomic mass is 16.5. The lowest BCUT2D eigenvalue weighted by Crippen LogP contribution is -2.59. The van der Waals surface area contributed by atoms with Crippen LogP contribution in [0.2, 0.25) is 0 Å². The molecule has 0 aliphatic heterocycles. The molecule has 0 aliphatic rings. The Bertz CT molecular complexity index is 417. The van der Waals surface area contributed by atoms with Crippen LogP contribution < -0.4 is 20.5 Å². The standard InChI is InChI=1S/C14H22N2O3/c1-10(2)16-14(3,13(15)17)9-19-12-7-5-11(18-4)6-8-12/h5-8,10,16H,9H2,1-4H3,(H2,15,17). The van der Waals surface area contributed by atoms with Crippen molar-refractivity contribution in [2.75, 3.05) is 13.7 Å². The fourth-order valence-electron chi connectivity index (χ4n) is 1.72. The van der Waals surface area contributed by atoms with Gasteiger partial charge < -0.3 is 15.2 Å². The van der Waals surface area contributed by atoms with Crippen LogP contribution in [0.3, 0.4) is 0 Å². The van der Waals surface area contributed by atoms with Crippen molar-refractivity contribution < 1.29 is 14.3 Å². The summed E-state index contributed by atoms with van der Waals surface area (Å²) < 4.78 is 10.7. The number of ether oxygens (including phenoxy) is 2. The molecule has 0 saturated carbocycles. The summed E-state index contributed by atoms with van der Waals surface area (Å²) in [7, 11) is 1.60. The van der Waals surface area contributed by atoms with Gasteiger partial charge in [-0.05, 0) is 45.0 Å². The molecular formula is C14H22N2O3. The molecule has 1 unspecified atom stereocenters. The van der Waals surface area contributed by atoms with Gasteiger partial charge in [-0.1, -0.05) is 0 Å². The van der Waals surface area contributed by atoms with Crippen LogP contribution in [0.4, 0.5) is 0 Å². The second-order valence-electron chi connectivity index (χ2n) is 4.96. The van der Waals surface area contributed by atoms with Crippen LogP contribution in [0.25, 0.3) is 0 Å². The van der Waals surface area contributed by atoms with Crippen molar-refractivity contribution in [2.45, 2.75) is 32.4 Å². The van der Waals surface area contributed by atoms with Crippen molar-refractivity contribution in [2.24, 2.45) is 5.73 Å². The smallest absolute Gasteiger partial charge is 0.240 e. The van der Waals surface area contributed by atoms with Gasteiger partial charge in [0, 0.05) is 6.04 Å². The van der Waals surface area contributed by atoms with Crippen molar-refractivity contribution >= 4 is 5.91 Å². The minimum Gasteiger partial charge on any atom is -0.497 e. The molecule has 1 amide bonds. The van der Waals surface area contributed by atoms with Crippen LogP contribution >= 0.6 is 0 Å². The Morgan fingerprint density at radius 2 is 1.84 bits per heavy atom. The van der Waals surface area contributed by atoms with E-state index in [2.05, 4.69) is 5.32 Å². The van der Waals surface area contributed by atoms with Gasteiger partial charge in [0.05, 0.1) is 7.11 Å². The van der Waals surface area contributed by atoms with Crippen LogP contribution in [0, 0.1) is 0 Å². The number of benzene rings is 1. The summed E-state index contributed by atoms with van der Waals surface area (Å²) in [4.78, 5) is 11.5. The molecule has 19 heavy (non-hydrogen) atoms. The Kier molecular flexibility index (Phi) is 5.18. The van der Waals surface area contributed by atoms with Crippen LogP contribution in [0.1, 0.15) is 20.8 Å². The number of carbonyl (C=O) groups is 1. The van der Waals surface area contributed by atoms with Gasteiger partial charge in [-0.2, -0.15) is 0 Å². The predicted molar refractivity (Wildman–Crippen MR) is 74.4 cm³/mol. The number of hydrogen-bond donors (Lipinski definition) is 2. The van der Waals surface area contributed by atoms with Crippen molar-refractivity contribution in [3.05, 3.63) is 24.3 Å². The van der Waals surface area contributed by atoms with E-state index in [1.165, 1.54) is 0 Å². The number of primary amides is 1. The summed E-state index contributed by atoms with van der Waals surface area (Å²) in [5.74, 6) is 0.985. The molecule has 0 radical (unpaired) electrons. The van der Waals surface area contributed by atoms with E-state index in [0.29, 0.717) is 5.75 Å². The molecule has 1 rings (SSSR count). The van der Waals surface area contributed by atoms with Crippen molar-refractivity contribution in [1.82, 2.24) is 5.32 Å². The summed E-state index contributed by atoms with van der Waals surface area (Å²) >= 11 is 0. The van der Waals surface area contributed by atoms with Gasteiger partial charge in [-0.3, -0.25) is 10.1 Å². The number of carbonyl (C=O) groups excluding carboxylic acids is 1. The first-order valence-corrected chi connectivity index (χ1v) is 6.22. The molecular weight excluding hydrogens is 244 g/mol. The Hall–Kier alpha value is -1.75. The molecule has 1 aromatic rings. The Morgan fingerprint density at radius 3 is 2.26 bits per heavy atom. The highest BCUT2D eigenvalue weighted by molar-refractivity contribution is 5.84. The van der Waals surface area contributed by atoms with Crippen LogP contribution in [-0.4, -0.2) is 31.2 Å². The van der Waals surface area contributed by atoms with Crippen LogP contribution in [0.5, 0.6) is 11.5 Å². The van der Waals surface area contributed by atoms with Crippen LogP contribution in [0.15, 0.2) is 24.3 Å². The predicted octanol–water partition coefficient (Wildman–Crippen LogP) is 1.32. The first kappa shape index (κ1) is 15.3. The van der Waals surface area contributed by atoms with Gasteiger partial charge >= 0.3 is 0 Å². The van der Waals surface area contributed by atoms with Crippen LogP contribution in [-0.2, 0) is 4.79 Å². The molecule has 5 nitrogen and oxygen atoms in total. The zero-order valence-corrected chi connectivity index (χ0v) is 11.9. The van der Waals surface area contributed by atoms with E-state index >= 15 is 0 Å². The summed E-state index contributed by atoms with van der Waals surface area (Å²) in [6.45, 7) is 5.81. The number of amides is 1. The van der Waals surface area contributed by atoms with E-state index in [4.69, 9.17) is 15.2 Å². The third-order valence-corrected chi connectivity index (χ3v) is 2.74. The summed E-state index contributed by atoms with van der Waals surface area (Å²) in [5, 5.41) is 3.12. The lowest BCUT2D eigenvalue weighted by Gasteiger charge is -2.29. The Morgan fingerprint density at radius 1 is 1.32 bits per heavy atom. The molecule has 0 saturated heterocycles. The van der Waals surface area contributed by atoms with Gasteiger partial charge in [0.1, 0.15) is 23.6 Å². The van der Waals surface area contributed by atoms with E-state index in [1.54, 1.807) is 38.3 Å². The molecule has 0 fully saturated rings. The SMILES string of the molecule is COc1ccc(OCC(C)(NC(C)C)C(N)=O)cc1. The minimum absolute atomic E-state index is 0.136. The van der Waals surface area contributed by atoms with Gasteiger partial charge in [0.2, 0.25) is 5.91 Å². The number of hydrogen-bond acceptors (Lipinski definition) is 4. The molecule has 0 spiro atoms. The lowest BCUT2D eigenvalue weighted by molar-refractivity contribution is -0.125. The zero-order valence-electron chi connectivity index (χ0n) is 11.9. The largest absolute Gasteiger partial charge is 0.497 e.